The first-order valence-electron chi connectivity index (χ1n) is 12.7. The zero-order valence-corrected chi connectivity index (χ0v) is 24.6. The summed E-state index contributed by atoms with van der Waals surface area (Å²) in [6.07, 6.45) is 5.16. The number of nitrogens with one attached hydrogen (secondary N) is 2. The lowest BCUT2D eigenvalue weighted by atomic mass is 9.75. The van der Waals surface area contributed by atoms with Crippen LogP contribution in [-0.2, 0) is 21.8 Å². The Morgan fingerprint density at radius 2 is 1.65 bits per heavy atom. The summed E-state index contributed by atoms with van der Waals surface area (Å²) in [7, 11) is 4.26. The molecule has 0 radical (unpaired) electrons. The number of thioether (sulfide) groups is 1. The highest BCUT2D eigenvalue weighted by Gasteiger charge is 2.37. The summed E-state index contributed by atoms with van der Waals surface area (Å²) >= 11 is 20.2. The maximum atomic E-state index is 12.5. The molecule has 1 aliphatic rings. The highest BCUT2D eigenvalue weighted by atomic mass is 35.5. The van der Waals surface area contributed by atoms with Crippen LogP contribution in [0.3, 0.4) is 0 Å². The Labute approximate surface area is 240 Å². The second kappa shape index (κ2) is 14.6. The monoisotopic (exact) mass is 583 g/mol. The molecule has 1 saturated carbocycles. The number of rotatable bonds is 12. The van der Waals surface area contributed by atoms with Crippen LogP contribution in [0, 0.1) is 0 Å². The maximum Gasteiger partial charge on any atom is 0.220 e. The quantitative estimate of drug-likeness (QED) is 0.284. The average Bonchev–Trinajstić information content (AvgIpc) is 2.85. The Morgan fingerprint density at radius 3 is 2.30 bits per heavy atom. The second-order valence-electron chi connectivity index (χ2n) is 9.87. The zero-order chi connectivity index (χ0) is 26.8. The van der Waals surface area contributed by atoms with Crippen LogP contribution in [0.2, 0.25) is 15.1 Å². The van der Waals surface area contributed by atoms with Crippen molar-refractivity contribution >= 4 is 58.4 Å². The van der Waals surface area contributed by atoms with E-state index in [0.29, 0.717) is 22.3 Å². The molecule has 3 rings (SSSR count). The lowest BCUT2D eigenvalue weighted by molar-refractivity contribution is -0.127. The molecule has 1 aliphatic carbocycles. The summed E-state index contributed by atoms with van der Waals surface area (Å²) < 4.78 is 0. The van der Waals surface area contributed by atoms with Crippen LogP contribution in [0.5, 0.6) is 0 Å². The minimum Gasteiger partial charge on any atom is -0.355 e. The molecular weight excluding hydrogens is 549 g/mol. The first kappa shape index (κ1) is 30.1. The van der Waals surface area contributed by atoms with Gasteiger partial charge in [-0.15, -0.1) is 0 Å². The van der Waals surface area contributed by atoms with Crippen molar-refractivity contribution in [3.05, 3.63) is 68.7 Å². The van der Waals surface area contributed by atoms with Gasteiger partial charge >= 0.3 is 0 Å². The van der Waals surface area contributed by atoms with Crippen molar-refractivity contribution in [2.75, 3.05) is 26.4 Å². The Kier molecular flexibility index (Phi) is 11.9. The number of benzene rings is 2. The molecule has 0 saturated heterocycles. The first-order valence-corrected chi connectivity index (χ1v) is 15.0. The van der Waals surface area contributed by atoms with Crippen LogP contribution < -0.4 is 10.6 Å². The molecule has 5 nitrogen and oxygen atoms in total. The summed E-state index contributed by atoms with van der Waals surface area (Å²) in [6.45, 7) is 0.537. The van der Waals surface area contributed by atoms with E-state index in [1.807, 2.05) is 36.4 Å². The van der Waals surface area contributed by atoms with E-state index in [0.717, 1.165) is 48.4 Å². The highest BCUT2D eigenvalue weighted by Crippen LogP contribution is 2.36. The molecule has 37 heavy (non-hydrogen) atoms. The van der Waals surface area contributed by atoms with Gasteiger partial charge in [0.15, 0.2) is 0 Å². The fraction of sp³-hybridized carbons (Fsp3) is 0.500. The largest absolute Gasteiger partial charge is 0.355 e. The molecule has 0 unspecified atom stereocenters. The fourth-order valence-electron chi connectivity index (χ4n) is 4.83. The highest BCUT2D eigenvalue weighted by molar-refractivity contribution is 7.98. The molecular formula is C28H36Cl3N3O2S. The predicted octanol–water partition coefficient (Wildman–Crippen LogP) is 6.38. The Balaban J connectivity index is 1.33. The molecule has 2 N–H and O–H groups in total. The van der Waals surface area contributed by atoms with Crippen molar-refractivity contribution in [3.63, 3.8) is 0 Å². The van der Waals surface area contributed by atoms with E-state index in [2.05, 4.69) is 35.7 Å². The van der Waals surface area contributed by atoms with Crippen LogP contribution in [-0.4, -0.2) is 54.7 Å². The van der Waals surface area contributed by atoms with E-state index >= 15 is 0 Å². The lowest BCUT2D eigenvalue weighted by Gasteiger charge is -2.45. The third-order valence-corrected chi connectivity index (χ3v) is 9.04. The molecule has 0 aromatic heterocycles. The number of carbonyl (C=O) groups is 2. The molecule has 1 fully saturated rings. The minimum atomic E-state index is -0.108. The first-order chi connectivity index (χ1) is 17.7. The van der Waals surface area contributed by atoms with E-state index in [-0.39, 0.29) is 36.2 Å². The van der Waals surface area contributed by atoms with Crippen molar-refractivity contribution in [3.8, 4) is 0 Å². The van der Waals surface area contributed by atoms with Gasteiger partial charge in [-0.2, -0.15) is 11.8 Å². The summed E-state index contributed by atoms with van der Waals surface area (Å²) in [5, 5.41) is 8.10. The minimum absolute atomic E-state index is 0.0565. The summed E-state index contributed by atoms with van der Waals surface area (Å²) in [6, 6.07) is 13.7. The van der Waals surface area contributed by atoms with Gasteiger partial charge in [-0.05, 0) is 81.6 Å². The van der Waals surface area contributed by atoms with E-state index in [1.165, 1.54) is 5.56 Å². The number of carbonyl (C=O) groups excluding carboxylic acids is 2. The van der Waals surface area contributed by atoms with Gasteiger partial charge in [0.2, 0.25) is 11.8 Å². The number of likely N-dealkylation sites (N-methyl/N-ethyl adjacent to an activating group) is 1. The smallest absolute Gasteiger partial charge is 0.220 e. The Hall–Kier alpha value is -1.44. The molecule has 0 spiro atoms. The van der Waals surface area contributed by atoms with Gasteiger partial charge in [-0.1, -0.05) is 53.0 Å². The van der Waals surface area contributed by atoms with Gasteiger partial charge in [0.25, 0.3) is 0 Å². The van der Waals surface area contributed by atoms with Crippen LogP contribution in [0.4, 0.5) is 0 Å². The van der Waals surface area contributed by atoms with Gasteiger partial charge in [0, 0.05) is 57.5 Å². The van der Waals surface area contributed by atoms with Crippen molar-refractivity contribution in [2.45, 2.75) is 62.3 Å². The fourth-order valence-corrected chi connectivity index (χ4v) is 6.64. The Bertz CT molecular complexity index is 1040. The standard InChI is InChI=1S/C28H36Cl3N3O2S/c1-34(2)28(18-20-5-3-6-21(29)17-20)13-11-22(12-14-28)33-27(36)10-9-26(35)32-15-16-37-19-23-24(30)7-4-8-25(23)31/h3-8,17,22H,9-16,18-19H2,1-2H3,(H,32,35)(H,33,36). The van der Waals surface area contributed by atoms with Gasteiger partial charge in [0.1, 0.15) is 0 Å². The number of nitrogens with zero attached hydrogens (tertiary/aromatic N) is 1. The molecule has 2 amide bonds. The third-order valence-electron chi connectivity index (χ3n) is 7.11. The van der Waals surface area contributed by atoms with Crippen LogP contribution in [0.1, 0.15) is 49.7 Å². The topological polar surface area (TPSA) is 61.4 Å². The van der Waals surface area contributed by atoms with Gasteiger partial charge in [-0.3, -0.25) is 9.59 Å². The number of amides is 2. The summed E-state index contributed by atoms with van der Waals surface area (Å²) in [5.74, 6) is 1.26. The van der Waals surface area contributed by atoms with Gasteiger partial charge in [-0.25, -0.2) is 0 Å². The second-order valence-corrected chi connectivity index (χ2v) is 12.2. The Morgan fingerprint density at radius 1 is 1.00 bits per heavy atom. The molecule has 0 aliphatic heterocycles. The van der Waals surface area contributed by atoms with Crippen LogP contribution in [0.15, 0.2) is 42.5 Å². The molecule has 2 aromatic carbocycles. The SMILES string of the molecule is CN(C)C1(Cc2cccc(Cl)c2)CCC(NC(=O)CCC(=O)NCCSCc2c(Cl)cccc2Cl)CC1. The van der Waals surface area contributed by atoms with Crippen molar-refractivity contribution in [1.82, 2.24) is 15.5 Å². The lowest BCUT2D eigenvalue weighted by Crippen LogP contribution is -2.52. The van der Waals surface area contributed by atoms with E-state index < -0.39 is 0 Å². The van der Waals surface area contributed by atoms with E-state index in [9.17, 15) is 9.59 Å². The van der Waals surface area contributed by atoms with Crippen molar-refractivity contribution < 1.29 is 9.59 Å². The zero-order valence-electron chi connectivity index (χ0n) is 21.5. The molecule has 202 valence electrons. The van der Waals surface area contributed by atoms with Crippen molar-refractivity contribution in [1.29, 1.82) is 0 Å². The molecule has 0 heterocycles. The summed E-state index contributed by atoms with van der Waals surface area (Å²) in [5.41, 5.74) is 2.20. The molecule has 9 heteroatoms. The van der Waals surface area contributed by atoms with Crippen LogP contribution in [0.25, 0.3) is 0 Å². The average molecular weight is 585 g/mol. The van der Waals surface area contributed by atoms with E-state index in [4.69, 9.17) is 34.8 Å². The van der Waals surface area contributed by atoms with Crippen molar-refractivity contribution in [2.24, 2.45) is 0 Å². The molecule has 0 bridgehead atoms. The molecule has 2 aromatic rings. The number of hydrogen-bond donors (Lipinski definition) is 2. The van der Waals surface area contributed by atoms with Gasteiger partial charge in [0.05, 0.1) is 0 Å². The number of halogens is 3. The molecule has 0 atom stereocenters. The van der Waals surface area contributed by atoms with Crippen LogP contribution >= 0.6 is 46.6 Å². The normalized spacial score (nSPS) is 19.6. The third kappa shape index (κ3) is 9.36. The van der Waals surface area contributed by atoms with Gasteiger partial charge < -0.3 is 15.5 Å². The van der Waals surface area contributed by atoms with E-state index in [1.54, 1.807) is 11.8 Å². The number of hydrogen-bond acceptors (Lipinski definition) is 4. The summed E-state index contributed by atoms with van der Waals surface area (Å²) in [4.78, 5) is 27.0. The predicted molar refractivity (Wildman–Crippen MR) is 157 cm³/mol. The maximum absolute atomic E-state index is 12.5.